The summed E-state index contributed by atoms with van der Waals surface area (Å²) in [5.41, 5.74) is 1.35. The fourth-order valence-electron chi connectivity index (χ4n) is 2.33. The monoisotopic (exact) mass is 270 g/mol. The molecule has 3 nitrogen and oxygen atoms in total. The van der Waals surface area contributed by atoms with Crippen molar-refractivity contribution in [2.45, 2.75) is 13.0 Å². The summed E-state index contributed by atoms with van der Waals surface area (Å²) in [6, 6.07) is 10.6. The first-order valence-electron chi connectivity index (χ1n) is 6.61. The van der Waals surface area contributed by atoms with Gasteiger partial charge in [0.15, 0.2) is 11.4 Å². The Balaban J connectivity index is 2.08. The van der Waals surface area contributed by atoms with E-state index in [2.05, 4.69) is 10.3 Å². The van der Waals surface area contributed by atoms with Crippen LogP contribution in [-0.4, -0.2) is 11.5 Å². The van der Waals surface area contributed by atoms with Crippen molar-refractivity contribution in [2.75, 3.05) is 6.54 Å². The number of pyridine rings is 1. The lowest BCUT2D eigenvalue weighted by atomic mass is 10.1. The van der Waals surface area contributed by atoms with Crippen molar-refractivity contribution in [2.24, 2.45) is 0 Å². The van der Waals surface area contributed by atoms with Crippen LogP contribution in [0.3, 0.4) is 0 Å². The number of aromatic nitrogens is 1. The topological polar surface area (TPSA) is 38.1 Å². The van der Waals surface area contributed by atoms with Gasteiger partial charge in [0.25, 0.3) is 0 Å². The van der Waals surface area contributed by atoms with Gasteiger partial charge in [-0.25, -0.2) is 4.39 Å². The van der Waals surface area contributed by atoms with Crippen molar-refractivity contribution in [3.05, 3.63) is 65.9 Å². The largest absolute Gasteiger partial charge is 0.456 e. The standard InChI is InChI=1S/C16H15FN2O/c1-2-19-15(11-6-8-18-9-7-11)14-10-12-4-3-5-13(17)16(12)20-14/h3-10,15,19H,2H2,1H3. The molecule has 1 atom stereocenters. The molecular weight excluding hydrogens is 255 g/mol. The van der Waals surface area contributed by atoms with Crippen LogP contribution in [0.5, 0.6) is 0 Å². The second-order valence-electron chi connectivity index (χ2n) is 4.58. The highest BCUT2D eigenvalue weighted by atomic mass is 19.1. The Kier molecular flexibility index (Phi) is 3.48. The first-order chi connectivity index (χ1) is 9.79. The molecule has 0 amide bonds. The molecule has 0 aliphatic carbocycles. The van der Waals surface area contributed by atoms with Crippen molar-refractivity contribution >= 4 is 11.0 Å². The number of nitrogens with zero attached hydrogens (tertiary/aromatic N) is 1. The van der Waals surface area contributed by atoms with Crippen LogP contribution >= 0.6 is 0 Å². The minimum Gasteiger partial charge on any atom is -0.456 e. The van der Waals surface area contributed by atoms with Crippen LogP contribution in [-0.2, 0) is 0 Å². The maximum Gasteiger partial charge on any atom is 0.169 e. The van der Waals surface area contributed by atoms with E-state index < -0.39 is 0 Å². The maximum atomic E-state index is 13.7. The van der Waals surface area contributed by atoms with E-state index in [4.69, 9.17) is 4.42 Å². The molecule has 0 fully saturated rings. The zero-order chi connectivity index (χ0) is 13.9. The molecule has 1 aromatic carbocycles. The Hall–Kier alpha value is -2.20. The Morgan fingerprint density at radius 1 is 1.25 bits per heavy atom. The average Bonchev–Trinajstić information content (AvgIpc) is 2.91. The third-order valence-electron chi connectivity index (χ3n) is 3.25. The van der Waals surface area contributed by atoms with Crippen LogP contribution in [0.1, 0.15) is 24.3 Å². The van der Waals surface area contributed by atoms with E-state index >= 15 is 0 Å². The van der Waals surface area contributed by atoms with E-state index in [1.54, 1.807) is 18.5 Å². The van der Waals surface area contributed by atoms with Crippen molar-refractivity contribution in [3.63, 3.8) is 0 Å². The molecule has 0 aliphatic heterocycles. The summed E-state index contributed by atoms with van der Waals surface area (Å²) in [5, 5.41) is 4.13. The molecule has 102 valence electrons. The van der Waals surface area contributed by atoms with Crippen LogP contribution in [0.25, 0.3) is 11.0 Å². The smallest absolute Gasteiger partial charge is 0.169 e. The van der Waals surface area contributed by atoms with Gasteiger partial charge in [-0.05, 0) is 36.4 Å². The molecule has 0 bridgehead atoms. The summed E-state index contributed by atoms with van der Waals surface area (Å²) in [5.74, 6) is 0.372. The number of nitrogens with one attached hydrogen (secondary N) is 1. The van der Waals surface area contributed by atoms with Crippen molar-refractivity contribution < 1.29 is 8.81 Å². The minimum atomic E-state index is -0.335. The molecule has 0 saturated heterocycles. The van der Waals surface area contributed by atoms with Crippen LogP contribution in [0, 0.1) is 5.82 Å². The van der Waals surface area contributed by atoms with Crippen LogP contribution < -0.4 is 5.32 Å². The molecule has 3 rings (SSSR count). The number of furan rings is 1. The molecule has 1 N–H and O–H groups in total. The fourth-order valence-corrected chi connectivity index (χ4v) is 2.33. The van der Waals surface area contributed by atoms with Gasteiger partial charge in [0.2, 0.25) is 0 Å². The Labute approximate surface area is 116 Å². The Morgan fingerprint density at radius 3 is 2.75 bits per heavy atom. The number of halogens is 1. The van der Waals surface area contributed by atoms with Crippen LogP contribution in [0.2, 0.25) is 0 Å². The number of fused-ring (bicyclic) bond motifs is 1. The van der Waals surface area contributed by atoms with E-state index in [1.807, 2.05) is 31.2 Å². The predicted octanol–water partition coefficient (Wildman–Crippen LogP) is 3.67. The van der Waals surface area contributed by atoms with Crippen LogP contribution in [0.4, 0.5) is 4.39 Å². The van der Waals surface area contributed by atoms with Crippen molar-refractivity contribution in [1.82, 2.24) is 10.3 Å². The molecule has 2 heterocycles. The van der Waals surface area contributed by atoms with Gasteiger partial charge < -0.3 is 9.73 Å². The summed E-state index contributed by atoms with van der Waals surface area (Å²) in [6.45, 7) is 2.81. The minimum absolute atomic E-state index is 0.102. The van der Waals surface area contributed by atoms with E-state index in [0.717, 1.165) is 17.5 Å². The summed E-state index contributed by atoms with van der Waals surface area (Å²) < 4.78 is 19.4. The molecule has 1 unspecified atom stereocenters. The van der Waals surface area contributed by atoms with E-state index in [1.165, 1.54) is 6.07 Å². The number of para-hydroxylation sites is 1. The highest BCUT2D eigenvalue weighted by molar-refractivity contribution is 5.78. The maximum absolute atomic E-state index is 13.7. The number of hydrogen-bond donors (Lipinski definition) is 1. The predicted molar refractivity (Wildman–Crippen MR) is 75.9 cm³/mol. The molecular formula is C16H15FN2O. The van der Waals surface area contributed by atoms with E-state index in [0.29, 0.717) is 11.3 Å². The molecule has 20 heavy (non-hydrogen) atoms. The lowest BCUT2D eigenvalue weighted by molar-refractivity contribution is 0.465. The highest BCUT2D eigenvalue weighted by Gasteiger charge is 2.18. The molecule has 0 spiro atoms. The molecule has 2 aromatic heterocycles. The molecule has 4 heteroatoms. The van der Waals surface area contributed by atoms with Crippen LogP contribution in [0.15, 0.2) is 53.2 Å². The zero-order valence-corrected chi connectivity index (χ0v) is 11.1. The normalized spacial score (nSPS) is 12.7. The first-order valence-corrected chi connectivity index (χ1v) is 6.61. The Bertz CT molecular complexity index is 709. The Morgan fingerprint density at radius 2 is 2.05 bits per heavy atom. The summed E-state index contributed by atoms with van der Waals surface area (Å²) in [4.78, 5) is 4.02. The summed E-state index contributed by atoms with van der Waals surface area (Å²) >= 11 is 0. The SMILES string of the molecule is CCNC(c1ccncc1)c1cc2cccc(F)c2o1. The lowest BCUT2D eigenvalue weighted by Gasteiger charge is -2.15. The number of hydrogen-bond acceptors (Lipinski definition) is 3. The van der Waals surface area contributed by atoms with E-state index in [-0.39, 0.29) is 11.9 Å². The third-order valence-corrected chi connectivity index (χ3v) is 3.25. The van der Waals surface area contributed by atoms with Gasteiger partial charge in [0.1, 0.15) is 5.76 Å². The number of benzene rings is 1. The van der Waals surface area contributed by atoms with Gasteiger partial charge >= 0.3 is 0 Å². The van der Waals surface area contributed by atoms with Crippen molar-refractivity contribution in [3.8, 4) is 0 Å². The summed E-state index contributed by atoms with van der Waals surface area (Å²) in [6.07, 6.45) is 3.48. The highest BCUT2D eigenvalue weighted by Crippen LogP contribution is 2.29. The second kappa shape index (κ2) is 5.43. The average molecular weight is 270 g/mol. The molecule has 0 radical (unpaired) electrons. The van der Waals surface area contributed by atoms with Gasteiger partial charge in [0, 0.05) is 17.8 Å². The third kappa shape index (κ3) is 2.30. The van der Waals surface area contributed by atoms with Gasteiger partial charge in [0.05, 0.1) is 6.04 Å². The van der Waals surface area contributed by atoms with Crippen molar-refractivity contribution in [1.29, 1.82) is 0 Å². The van der Waals surface area contributed by atoms with E-state index in [9.17, 15) is 4.39 Å². The number of rotatable bonds is 4. The molecule has 0 saturated carbocycles. The molecule has 0 aliphatic rings. The van der Waals surface area contributed by atoms with Gasteiger partial charge in [-0.2, -0.15) is 0 Å². The lowest BCUT2D eigenvalue weighted by Crippen LogP contribution is -2.21. The summed E-state index contributed by atoms with van der Waals surface area (Å²) in [7, 11) is 0. The zero-order valence-electron chi connectivity index (χ0n) is 11.1. The second-order valence-corrected chi connectivity index (χ2v) is 4.58. The first kappa shape index (κ1) is 12.8. The van der Waals surface area contributed by atoms with Gasteiger partial charge in [-0.15, -0.1) is 0 Å². The molecule has 3 aromatic rings. The van der Waals surface area contributed by atoms with Gasteiger partial charge in [-0.3, -0.25) is 4.98 Å². The fraction of sp³-hybridized carbons (Fsp3) is 0.188. The quantitative estimate of drug-likeness (QED) is 0.786. The van der Waals surface area contributed by atoms with Gasteiger partial charge in [-0.1, -0.05) is 19.1 Å².